The summed E-state index contributed by atoms with van der Waals surface area (Å²) in [5, 5.41) is -0.813. The summed E-state index contributed by atoms with van der Waals surface area (Å²) in [5.41, 5.74) is -1.07. The highest BCUT2D eigenvalue weighted by atomic mass is 32.2. The molecule has 0 heterocycles. The molecule has 0 saturated carbocycles. The fraction of sp³-hybridized carbons (Fsp3) is 0.700. The molecule has 0 aliphatic rings. The fourth-order valence-electron chi connectivity index (χ4n) is 1.31. The zero-order valence-electron chi connectivity index (χ0n) is 10.0. The van der Waals surface area contributed by atoms with Crippen LogP contribution < -0.4 is 0 Å². The predicted octanol–water partition coefficient (Wildman–Crippen LogP) is 0.659. The number of Topliss-reactive ketones (excluding diaryl/α,β-unsaturated/α-hetero) is 1. The van der Waals surface area contributed by atoms with Gasteiger partial charge in [-0.1, -0.05) is 0 Å². The minimum Gasteiger partial charge on any atom is -0.469 e. The molecule has 5 nitrogen and oxygen atoms in total. The molecule has 0 amide bonds. The van der Waals surface area contributed by atoms with Crippen molar-refractivity contribution in [2.75, 3.05) is 20.5 Å². The van der Waals surface area contributed by atoms with Crippen molar-refractivity contribution in [3.63, 3.8) is 0 Å². The highest BCUT2D eigenvalue weighted by Gasteiger charge is 2.44. The largest absolute Gasteiger partial charge is 0.469 e. The second-order valence-corrected chi connectivity index (χ2v) is 4.63. The molecule has 0 aliphatic carbocycles. The van der Waals surface area contributed by atoms with Gasteiger partial charge >= 0.3 is 11.9 Å². The van der Waals surface area contributed by atoms with Crippen molar-refractivity contribution in [3.8, 4) is 0 Å². The zero-order valence-corrected chi connectivity index (χ0v) is 10.8. The minimum atomic E-state index is -1.07. The van der Waals surface area contributed by atoms with Crippen LogP contribution in [0.3, 0.4) is 0 Å². The Balaban J connectivity index is 5.06. The molecule has 1 atom stereocenters. The molecular formula is C10H16O5S. The summed E-state index contributed by atoms with van der Waals surface area (Å²) in [7, 11) is 2.37. The number of rotatable bonds is 5. The van der Waals surface area contributed by atoms with E-state index >= 15 is 0 Å². The summed E-state index contributed by atoms with van der Waals surface area (Å²) in [6, 6.07) is 0. The van der Waals surface area contributed by atoms with Crippen molar-refractivity contribution in [2.24, 2.45) is 5.41 Å². The first-order chi connectivity index (χ1) is 7.32. The normalized spacial score (nSPS) is 12.8. The van der Waals surface area contributed by atoms with Gasteiger partial charge in [-0.25, -0.2) is 4.79 Å². The lowest BCUT2D eigenvalue weighted by molar-refractivity contribution is -0.156. The monoisotopic (exact) mass is 248 g/mol. The number of carbonyl (C=O) groups excluding carboxylic acids is 3. The van der Waals surface area contributed by atoms with Crippen molar-refractivity contribution < 1.29 is 23.9 Å². The number of carbonyl (C=O) groups is 3. The maximum atomic E-state index is 11.7. The SMILES string of the molecule is COC(=O)C(=O)C(SC)C(C)(C)C(=O)OC. The van der Waals surface area contributed by atoms with Crippen molar-refractivity contribution in [1.82, 2.24) is 0 Å². The molecule has 0 bridgehead atoms. The van der Waals surface area contributed by atoms with Crippen LogP contribution in [0.15, 0.2) is 0 Å². The Hall–Kier alpha value is -1.04. The molecule has 0 rings (SSSR count). The highest BCUT2D eigenvalue weighted by Crippen LogP contribution is 2.31. The molecule has 1 unspecified atom stereocenters. The molecule has 0 N–H and O–H groups in total. The van der Waals surface area contributed by atoms with E-state index in [1.165, 1.54) is 7.11 Å². The lowest BCUT2D eigenvalue weighted by Crippen LogP contribution is -2.44. The van der Waals surface area contributed by atoms with E-state index in [-0.39, 0.29) is 0 Å². The minimum absolute atomic E-state index is 0.538. The lowest BCUT2D eigenvalue weighted by atomic mass is 9.86. The number of hydrogen-bond donors (Lipinski definition) is 0. The summed E-state index contributed by atoms with van der Waals surface area (Å²) < 4.78 is 8.95. The Kier molecular flexibility index (Phi) is 5.50. The molecule has 0 aromatic heterocycles. The van der Waals surface area contributed by atoms with Crippen LogP contribution in [0.25, 0.3) is 0 Å². The number of thioether (sulfide) groups is 1. The topological polar surface area (TPSA) is 69.7 Å². The highest BCUT2D eigenvalue weighted by molar-refractivity contribution is 8.00. The van der Waals surface area contributed by atoms with Crippen LogP contribution in [0.2, 0.25) is 0 Å². The van der Waals surface area contributed by atoms with Crippen LogP contribution in [0.5, 0.6) is 0 Å². The quantitative estimate of drug-likeness (QED) is 0.526. The third kappa shape index (κ3) is 2.98. The molecule has 0 fully saturated rings. The molecule has 16 heavy (non-hydrogen) atoms. The lowest BCUT2D eigenvalue weighted by Gasteiger charge is -2.28. The maximum absolute atomic E-state index is 11.7. The summed E-state index contributed by atoms with van der Waals surface area (Å²) in [4.78, 5) is 34.3. The molecule has 0 saturated heterocycles. The summed E-state index contributed by atoms with van der Waals surface area (Å²) >= 11 is 1.12. The van der Waals surface area contributed by atoms with E-state index in [1.54, 1.807) is 20.1 Å². The second kappa shape index (κ2) is 5.89. The number of methoxy groups -OCH3 is 2. The van der Waals surface area contributed by atoms with E-state index in [0.717, 1.165) is 18.9 Å². The average Bonchev–Trinajstić information content (AvgIpc) is 2.26. The van der Waals surface area contributed by atoms with Gasteiger partial charge in [0.15, 0.2) is 0 Å². The van der Waals surface area contributed by atoms with Gasteiger partial charge in [-0.2, -0.15) is 11.8 Å². The summed E-state index contributed by atoms with van der Waals surface area (Å²) in [6.07, 6.45) is 1.65. The van der Waals surface area contributed by atoms with Gasteiger partial charge in [-0.15, -0.1) is 0 Å². The average molecular weight is 248 g/mol. The van der Waals surface area contributed by atoms with E-state index in [1.807, 2.05) is 0 Å². The van der Waals surface area contributed by atoms with Gasteiger partial charge < -0.3 is 9.47 Å². The zero-order chi connectivity index (χ0) is 12.9. The first-order valence-electron chi connectivity index (χ1n) is 4.56. The van der Waals surface area contributed by atoms with Gasteiger partial charge in [0.25, 0.3) is 5.78 Å². The van der Waals surface area contributed by atoms with E-state index < -0.39 is 28.4 Å². The molecule has 0 aliphatic heterocycles. The Morgan fingerprint density at radius 2 is 1.62 bits per heavy atom. The maximum Gasteiger partial charge on any atom is 0.375 e. The number of ether oxygens (including phenoxy) is 2. The number of esters is 2. The van der Waals surface area contributed by atoms with E-state index in [4.69, 9.17) is 0 Å². The number of ketones is 1. The Labute approximate surface area is 98.9 Å². The Bertz CT molecular complexity index is 298. The van der Waals surface area contributed by atoms with Gasteiger partial charge in [-0.3, -0.25) is 9.59 Å². The van der Waals surface area contributed by atoms with Crippen molar-refractivity contribution in [2.45, 2.75) is 19.1 Å². The first-order valence-corrected chi connectivity index (χ1v) is 5.85. The molecule has 0 spiro atoms. The summed E-state index contributed by atoms with van der Waals surface area (Å²) in [5.74, 6) is -2.22. The van der Waals surface area contributed by atoms with Crippen molar-refractivity contribution in [1.29, 1.82) is 0 Å². The van der Waals surface area contributed by atoms with Crippen LogP contribution in [0, 0.1) is 5.41 Å². The van der Waals surface area contributed by atoms with E-state index in [0.29, 0.717) is 0 Å². The van der Waals surface area contributed by atoms with E-state index in [2.05, 4.69) is 9.47 Å². The van der Waals surface area contributed by atoms with Gasteiger partial charge in [-0.05, 0) is 20.1 Å². The fourth-order valence-corrected chi connectivity index (χ4v) is 2.30. The van der Waals surface area contributed by atoms with Gasteiger partial charge in [0.1, 0.15) is 0 Å². The Morgan fingerprint density at radius 1 is 1.12 bits per heavy atom. The number of hydrogen-bond acceptors (Lipinski definition) is 6. The second-order valence-electron chi connectivity index (χ2n) is 3.68. The Morgan fingerprint density at radius 3 is 1.94 bits per heavy atom. The molecular weight excluding hydrogens is 232 g/mol. The van der Waals surface area contributed by atoms with E-state index in [9.17, 15) is 14.4 Å². The van der Waals surface area contributed by atoms with Crippen LogP contribution in [-0.2, 0) is 23.9 Å². The van der Waals surface area contributed by atoms with Crippen LogP contribution in [0.1, 0.15) is 13.8 Å². The van der Waals surface area contributed by atoms with Crippen molar-refractivity contribution >= 4 is 29.5 Å². The predicted molar refractivity (Wildman–Crippen MR) is 60.1 cm³/mol. The van der Waals surface area contributed by atoms with Gasteiger partial charge in [0, 0.05) is 0 Å². The van der Waals surface area contributed by atoms with Crippen LogP contribution in [0.4, 0.5) is 0 Å². The third-order valence-corrected chi connectivity index (χ3v) is 3.50. The molecule has 92 valence electrons. The van der Waals surface area contributed by atoms with Gasteiger partial charge in [0.2, 0.25) is 0 Å². The molecule has 0 radical (unpaired) electrons. The smallest absolute Gasteiger partial charge is 0.375 e. The van der Waals surface area contributed by atoms with Crippen LogP contribution in [-0.4, -0.2) is 43.4 Å². The molecule has 0 aromatic carbocycles. The first kappa shape index (κ1) is 15.0. The third-order valence-electron chi connectivity index (χ3n) is 2.23. The summed E-state index contributed by atoms with van der Waals surface area (Å²) in [6.45, 7) is 3.11. The molecule has 6 heteroatoms. The van der Waals surface area contributed by atoms with Gasteiger partial charge in [0.05, 0.1) is 24.9 Å². The van der Waals surface area contributed by atoms with Crippen molar-refractivity contribution in [3.05, 3.63) is 0 Å². The standard InChI is InChI=1S/C10H16O5S/c1-10(2,9(13)15-4)7(16-5)6(11)8(12)14-3/h7H,1-5H3. The van der Waals surface area contributed by atoms with Crippen LogP contribution >= 0.6 is 11.8 Å². The molecule has 0 aromatic rings.